The molecule has 0 aromatic carbocycles. The van der Waals surface area contributed by atoms with E-state index in [1.54, 1.807) is 4.31 Å². The Balaban J connectivity index is 2.04. The monoisotopic (exact) mass is 325 g/mol. The topological polar surface area (TPSA) is 46.6 Å². The lowest BCUT2D eigenvalue weighted by Gasteiger charge is -2.25. The van der Waals surface area contributed by atoms with Gasteiger partial charge >= 0.3 is 0 Å². The molecule has 6 heteroatoms. The van der Waals surface area contributed by atoms with Crippen LogP contribution in [0, 0.1) is 5.92 Å². The van der Waals surface area contributed by atoms with E-state index in [0.717, 1.165) is 24.6 Å². The predicted octanol–water partition coefficient (Wildman–Crippen LogP) is 1.60. The molecule has 0 aromatic heterocycles. The molecule has 0 saturated carbocycles. The number of rotatable bonds is 4. The summed E-state index contributed by atoms with van der Waals surface area (Å²) in [5, 5.41) is 0.721. The molecule has 17 heavy (non-hydrogen) atoms. The fourth-order valence-electron chi connectivity index (χ4n) is 2.65. The Hall–Kier alpha value is 0.350. The molecule has 3 unspecified atom stereocenters. The molecule has 0 aliphatic carbocycles. The Morgan fingerprint density at radius 2 is 2.18 bits per heavy atom. The standard InChI is InChI=1S/C11H20BrNO3S/c1-9-4-5-13(11(9)7-12)17(14,15)8-10-3-2-6-16-10/h9-11H,2-8H2,1H3. The van der Waals surface area contributed by atoms with Crippen LogP contribution >= 0.6 is 15.9 Å². The van der Waals surface area contributed by atoms with E-state index in [4.69, 9.17) is 4.74 Å². The number of halogens is 1. The van der Waals surface area contributed by atoms with E-state index in [-0.39, 0.29) is 17.9 Å². The van der Waals surface area contributed by atoms with Crippen molar-refractivity contribution < 1.29 is 13.2 Å². The highest BCUT2D eigenvalue weighted by atomic mass is 79.9. The molecule has 100 valence electrons. The zero-order valence-corrected chi connectivity index (χ0v) is 12.5. The van der Waals surface area contributed by atoms with E-state index in [1.165, 1.54) is 0 Å². The number of ether oxygens (including phenoxy) is 1. The van der Waals surface area contributed by atoms with Gasteiger partial charge in [-0.25, -0.2) is 8.42 Å². The Bertz CT molecular complexity index is 354. The lowest BCUT2D eigenvalue weighted by Crippen LogP contribution is -2.42. The molecular weight excluding hydrogens is 306 g/mol. The minimum Gasteiger partial charge on any atom is -0.377 e. The van der Waals surface area contributed by atoms with Gasteiger partial charge in [0.05, 0.1) is 11.9 Å². The third-order valence-corrected chi connectivity index (χ3v) is 6.39. The Morgan fingerprint density at radius 1 is 1.41 bits per heavy atom. The van der Waals surface area contributed by atoms with Crippen LogP contribution in [0.1, 0.15) is 26.2 Å². The smallest absolute Gasteiger partial charge is 0.216 e. The van der Waals surface area contributed by atoms with E-state index in [0.29, 0.717) is 19.1 Å². The minimum absolute atomic E-state index is 0.0909. The first-order chi connectivity index (χ1) is 8.04. The van der Waals surface area contributed by atoms with Crippen molar-refractivity contribution in [2.45, 2.75) is 38.3 Å². The summed E-state index contributed by atoms with van der Waals surface area (Å²) in [4.78, 5) is 0. The van der Waals surface area contributed by atoms with E-state index in [2.05, 4.69) is 22.9 Å². The molecule has 2 rings (SSSR count). The fourth-order valence-corrected chi connectivity index (χ4v) is 5.84. The number of sulfonamides is 1. The van der Waals surface area contributed by atoms with Gasteiger partial charge in [0, 0.05) is 24.5 Å². The molecule has 2 fully saturated rings. The van der Waals surface area contributed by atoms with E-state index < -0.39 is 10.0 Å². The normalized spacial score (nSPS) is 35.5. The third kappa shape index (κ3) is 3.03. The molecular formula is C11H20BrNO3S. The second-order valence-electron chi connectivity index (χ2n) is 5.01. The average molecular weight is 326 g/mol. The number of hydrogen-bond acceptors (Lipinski definition) is 3. The van der Waals surface area contributed by atoms with Crippen LogP contribution in [0.3, 0.4) is 0 Å². The molecule has 2 aliphatic rings. The highest BCUT2D eigenvalue weighted by Gasteiger charge is 2.39. The van der Waals surface area contributed by atoms with Crippen LogP contribution in [0.25, 0.3) is 0 Å². The Kier molecular flexibility index (Phi) is 4.50. The van der Waals surface area contributed by atoms with Crippen molar-refractivity contribution in [2.24, 2.45) is 5.92 Å². The summed E-state index contributed by atoms with van der Waals surface area (Å²) in [5.74, 6) is 0.595. The molecule has 2 saturated heterocycles. The van der Waals surface area contributed by atoms with Crippen molar-refractivity contribution in [2.75, 3.05) is 24.2 Å². The summed E-state index contributed by atoms with van der Waals surface area (Å²) in [6.45, 7) is 3.48. The summed E-state index contributed by atoms with van der Waals surface area (Å²) in [5.41, 5.74) is 0. The second kappa shape index (κ2) is 5.55. The van der Waals surface area contributed by atoms with Crippen molar-refractivity contribution in [1.29, 1.82) is 0 Å². The van der Waals surface area contributed by atoms with Gasteiger partial charge in [-0.05, 0) is 25.2 Å². The van der Waals surface area contributed by atoms with Crippen LogP contribution in [0.4, 0.5) is 0 Å². The second-order valence-corrected chi connectivity index (χ2v) is 7.63. The molecule has 2 heterocycles. The summed E-state index contributed by atoms with van der Waals surface area (Å²) < 4.78 is 31.8. The molecule has 2 aliphatic heterocycles. The summed E-state index contributed by atoms with van der Waals surface area (Å²) in [6, 6.07) is 0.112. The minimum atomic E-state index is -3.16. The van der Waals surface area contributed by atoms with Gasteiger partial charge in [-0.15, -0.1) is 0 Å². The summed E-state index contributed by atoms with van der Waals surface area (Å²) in [7, 11) is -3.16. The van der Waals surface area contributed by atoms with E-state index >= 15 is 0 Å². The van der Waals surface area contributed by atoms with Crippen LogP contribution in [0.2, 0.25) is 0 Å². The van der Waals surface area contributed by atoms with Crippen molar-refractivity contribution >= 4 is 26.0 Å². The van der Waals surface area contributed by atoms with Gasteiger partial charge < -0.3 is 4.74 Å². The SMILES string of the molecule is CC1CCN(S(=O)(=O)CC2CCCO2)C1CBr. The maximum atomic E-state index is 12.3. The van der Waals surface area contributed by atoms with Gasteiger partial charge in [0.25, 0.3) is 0 Å². The van der Waals surface area contributed by atoms with Gasteiger partial charge in [0.2, 0.25) is 10.0 Å². The van der Waals surface area contributed by atoms with Crippen molar-refractivity contribution in [3.05, 3.63) is 0 Å². The lowest BCUT2D eigenvalue weighted by molar-refractivity contribution is 0.126. The molecule has 0 spiro atoms. The third-order valence-electron chi connectivity index (χ3n) is 3.77. The van der Waals surface area contributed by atoms with Gasteiger partial charge in [-0.3, -0.25) is 0 Å². The maximum absolute atomic E-state index is 12.3. The van der Waals surface area contributed by atoms with Crippen molar-refractivity contribution in [1.82, 2.24) is 4.31 Å². The highest BCUT2D eigenvalue weighted by molar-refractivity contribution is 9.09. The average Bonchev–Trinajstić information content (AvgIpc) is 2.86. The summed E-state index contributed by atoms with van der Waals surface area (Å²) >= 11 is 3.42. The van der Waals surface area contributed by atoms with Gasteiger partial charge in [0.15, 0.2) is 0 Å². The van der Waals surface area contributed by atoms with Gasteiger partial charge in [-0.1, -0.05) is 22.9 Å². The predicted molar refractivity (Wildman–Crippen MR) is 70.8 cm³/mol. The Labute approximate surface area is 112 Å². The maximum Gasteiger partial charge on any atom is 0.216 e. The molecule has 0 radical (unpaired) electrons. The summed E-state index contributed by atoms with van der Waals surface area (Å²) in [6.07, 6.45) is 2.73. The van der Waals surface area contributed by atoms with Crippen LogP contribution in [0.5, 0.6) is 0 Å². The van der Waals surface area contributed by atoms with Crippen LogP contribution in [-0.2, 0) is 14.8 Å². The molecule has 3 atom stereocenters. The zero-order valence-electron chi connectivity index (χ0n) is 10.1. The van der Waals surface area contributed by atoms with Crippen molar-refractivity contribution in [3.63, 3.8) is 0 Å². The first kappa shape index (κ1) is 13.8. The van der Waals surface area contributed by atoms with E-state index in [9.17, 15) is 8.42 Å². The number of hydrogen-bond donors (Lipinski definition) is 0. The van der Waals surface area contributed by atoms with Crippen LogP contribution in [0.15, 0.2) is 0 Å². The largest absolute Gasteiger partial charge is 0.377 e. The van der Waals surface area contributed by atoms with Crippen molar-refractivity contribution in [3.8, 4) is 0 Å². The first-order valence-corrected chi connectivity index (χ1v) is 8.94. The van der Waals surface area contributed by atoms with E-state index in [1.807, 2.05) is 0 Å². The van der Waals surface area contributed by atoms with Gasteiger partial charge in [0.1, 0.15) is 0 Å². The Morgan fingerprint density at radius 3 is 2.76 bits per heavy atom. The fraction of sp³-hybridized carbons (Fsp3) is 1.00. The molecule has 4 nitrogen and oxygen atoms in total. The molecule has 0 amide bonds. The first-order valence-electron chi connectivity index (χ1n) is 6.21. The number of alkyl halides is 1. The quantitative estimate of drug-likeness (QED) is 0.737. The van der Waals surface area contributed by atoms with Gasteiger partial charge in [-0.2, -0.15) is 4.31 Å². The lowest BCUT2D eigenvalue weighted by atomic mass is 10.1. The highest BCUT2D eigenvalue weighted by Crippen LogP contribution is 2.29. The van der Waals surface area contributed by atoms with Crippen LogP contribution < -0.4 is 0 Å². The molecule has 0 aromatic rings. The van der Waals surface area contributed by atoms with Crippen LogP contribution in [-0.4, -0.2) is 49.1 Å². The number of nitrogens with zero attached hydrogens (tertiary/aromatic N) is 1. The molecule has 0 N–H and O–H groups in total. The molecule has 0 bridgehead atoms. The zero-order chi connectivity index (χ0) is 12.5.